The van der Waals surface area contributed by atoms with Crippen LogP contribution < -0.4 is 10.6 Å². The lowest BCUT2D eigenvalue weighted by atomic mass is 9.63. The van der Waals surface area contributed by atoms with E-state index in [4.69, 9.17) is 0 Å². The van der Waals surface area contributed by atoms with E-state index in [-0.39, 0.29) is 11.9 Å². The van der Waals surface area contributed by atoms with Crippen molar-refractivity contribution in [2.75, 3.05) is 10.6 Å². The molecule has 2 aromatic carbocycles. The number of hydrogen-bond acceptors (Lipinski definition) is 5. The second-order valence-corrected chi connectivity index (χ2v) is 8.83. The number of H-pyrrole nitrogens is 1. The van der Waals surface area contributed by atoms with Gasteiger partial charge in [0.2, 0.25) is 11.9 Å². The van der Waals surface area contributed by atoms with Crippen LogP contribution in [0.2, 0.25) is 0 Å². The van der Waals surface area contributed by atoms with E-state index in [9.17, 15) is 22.8 Å². The zero-order valence-electron chi connectivity index (χ0n) is 17.6. The van der Waals surface area contributed by atoms with Gasteiger partial charge in [-0.3, -0.25) is 14.9 Å². The van der Waals surface area contributed by atoms with Crippen LogP contribution in [0.25, 0.3) is 11.0 Å². The number of halogens is 3. The van der Waals surface area contributed by atoms with Crippen molar-refractivity contribution in [2.45, 2.75) is 30.9 Å². The number of thiazole rings is 1. The Bertz CT molecular complexity index is 1380. The fraction of sp³-hybridized carbons (Fsp3) is 0.217. The van der Waals surface area contributed by atoms with Crippen molar-refractivity contribution >= 4 is 45.8 Å². The summed E-state index contributed by atoms with van der Waals surface area (Å²) >= 11 is 1.31. The number of carbonyl (C=O) groups is 2. The van der Waals surface area contributed by atoms with Gasteiger partial charge in [-0.25, -0.2) is 9.97 Å². The smallest absolute Gasteiger partial charge is 0.324 e. The van der Waals surface area contributed by atoms with Crippen molar-refractivity contribution in [1.82, 2.24) is 15.0 Å². The number of fused-ring (bicyclic) bond motifs is 1. The third kappa shape index (κ3) is 4.03. The molecule has 7 nitrogen and oxygen atoms in total. The monoisotopic (exact) mass is 485 g/mol. The molecule has 11 heteroatoms. The lowest BCUT2D eigenvalue weighted by Crippen LogP contribution is -2.46. The van der Waals surface area contributed by atoms with Crippen molar-refractivity contribution in [3.8, 4) is 0 Å². The van der Waals surface area contributed by atoms with E-state index in [1.165, 1.54) is 17.4 Å². The van der Waals surface area contributed by atoms with Crippen molar-refractivity contribution in [2.24, 2.45) is 0 Å². The van der Waals surface area contributed by atoms with Crippen LogP contribution in [0, 0.1) is 0 Å². The van der Waals surface area contributed by atoms with Gasteiger partial charge in [0.05, 0.1) is 27.5 Å². The fourth-order valence-corrected chi connectivity index (χ4v) is 4.60. The minimum atomic E-state index is -4.48. The van der Waals surface area contributed by atoms with Gasteiger partial charge in [-0.15, -0.1) is 11.3 Å². The molecule has 3 N–H and O–H groups in total. The molecule has 1 saturated carbocycles. The number of nitrogens with zero attached hydrogens (tertiary/aromatic N) is 2. The van der Waals surface area contributed by atoms with Crippen LogP contribution in [0.4, 0.5) is 24.8 Å². The Hall–Kier alpha value is -3.73. The predicted octanol–water partition coefficient (Wildman–Crippen LogP) is 5.35. The molecule has 0 saturated heterocycles. The summed E-state index contributed by atoms with van der Waals surface area (Å²) < 4.78 is 39.6. The summed E-state index contributed by atoms with van der Waals surface area (Å²) in [5, 5.41) is 7.11. The Morgan fingerprint density at radius 1 is 1.09 bits per heavy atom. The summed E-state index contributed by atoms with van der Waals surface area (Å²) in [7, 11) is 0. The van der Waals surface area contributed by atoms with Gasteiger partial charge in [-0.05, 0) is 42.7 Å². The van der Waals surface area contributed by atoms with Gasteiger partial charge in [-0.1, -0.05) is 24.6 Å². The molecule has 0 aliphatic heterocycles. The Morgan fingerprint density at radius 3 is 2.59 bits per heavy atom. The molecular formula is C23H18F3N5O2S. The van der Waals surface area contributed by atoms with Gasteiger partial charge in [0.25, 0.3) is 5.91 Å². The molecule has 0 bridgehead atoms. The molecular weight excluding hydrogens is 467 g/mol. The van der Waals surface area contributed by atoms with Crippen molar-refractivity contribution in [3.05, 3.63) is 70.2 Å². The number of rotatable bonds is 5. The molecule has 34 heavy (non-hydrogen) atoms. The summed E-state index contributed by atoms with van der Waals surface area (Å²) in [6.45, 7) is 0. The van der Waals surface area contributed by atoms with E-state index in [0.717, 1.165) is 18.6 Å². The second kappa shape index (κ2) is 8.24. The highest BCUT2D eigenvalue weighted by atomic mass is 32.1. The molecule has 2 aromatic heterocycles. The largest absolute Gasteiger partial charge is 0.416 e. The quantitative estimate of drug-likeness (QED) is 0.355. The van der Waals surface area contributed by atoms with Gasteiger partial charge in [0.15, 0.2) is 0 Å². The molecule has 0 radical (unpaired) electrons. The van der Waals surface area contributed by atoms with Crippen LogP contribution in [0.15, 0.2) is 53.4 Å². The number of aromatic nitrogens is 3. The number of nitrogens with one attached hydrogen (secondary N) is 3. The summed E-state index contributed by atoms with van der Waals surface area (Å²) in [6.07, 6.45) is -2.84. The number of imidazole rings is 1. The van der Waals surface area contributed by atoms with Crippen LogP contribution in [0.3, 0.4) is 0 Å². The summed E-state index contributed by atoms with van der Waals surface area (Å²) in [4.78, 5) is 36.7. The molecule has 2 heterocycles. The normalized spacial score (nSPS) is 15.0. The molecule has 4 aromatic rings. The number of anilines is 2. The average Bonchev–Trinajstić information content (AvgIpc) is 3.42. The highest BCUT2D eigenvalue weighted by molar-refractivity contribution is 7.07. The van der Waals surface area contributed by atoms with Crippen LogP contribution in [-0.2, 0) is 16.4 Å². The fourth-order valence-electron chi connectivity index (χ4n) is 4.06. The van der Waals surface area contributed by atoms with Crippen LogP contribution in [0.5, 0.6) is 0 Å². The zero-order valence-corrected chi connectivity index (χ0v) is 18.4. The van der Waals surface area contributed by atoms with E-state index < -0.39 is 23.1 Å². The molecule has 1 aliphatic carbocycles. The Morgan fingerprint density at radius 2 is 1.91 bits per heavy atom. The lowest BCUT2D eigenvalue weighted by molar-refractivity contribution is -0.138. The van der Waals surface area contributed by atoms with E-state index in [1.807, 2.05) is 0 Å². The first-order valence-corrected chi connectivity index (χ1v) is 11.4. The average molecular weight is 485 g/mol. The molecule has 174 valence electrons. The maximum absolute atomic E-state index is 13.2. The first-order chi connectivity index (χ1) is 16.2. The number of alkyl halides is 3. The van der Waals surface area contributed by atoms with Gasteiger partial charge in [-0.2, -0.15) is 13.2 Å². The second-order valence-electron chi connectivity index (χ2n) is 8.11. The SMILES string of the molecule is O=C(Nc1ccc2nc(NC(=O)C3(c4cccc(C(F)(F)F)c4)CCC3)[nH]c2c1)c1cscn1. The number of hydrogen-bond donors (Lipinski definition) is 3. The minimum absolute atomic E-state index is 0.182. The summed E-state index contributed by atoms with van der Waals surface area (Å²) in [5.41, 5.74) is 2.06. The van der Waals surface area contributed by atoms with Crippen LogP contribution in [0.1, 0.15) is 40.9 Å². The molecule has 1 fully saturated rings. The highest BCUT2D eigenvalue weighted by Crippen LogP contribution is 2.45. The number of amides is 2. The molecule has 0 unspecified atom stereocenters. The van der Waals surface area contributed by atoms with Gasteiger partial charge in [0, 0.05) is 11.1 Å². The van der Waals surface area contributed by atoms with Gasteiger partial charge >= 0.3 is 6.18 Å². The summed E-state index contributed by atoms with van der Waals surface area (Å²) in [6, 6.07) is 9.97. The lowest BCUT2D eigenvalue weighted by Gasteiger charge is -2.40. The number of carbonyl (C=O) groups excluding carboxylic acids is 2. The van der Waals surface area contributed by atoms with Gasteiger partial charge < -0.3 is 10.3 Å². The molecule has 0 atom stereocenters. The van der Waals surface area contributed by atoms with Crippen molar-refractivity contribution in [1.29, 1.82) is 0 Å². The minimum Gasteiger partial charge on any atom is -0.324 e. The Labute approximate surface area is 195 Å². The summed E-state index contributed by atoms with van der Waals surface area (Å²) in [5.74, 6) is -0.572. The first-order valence-electron chi connectivity index (χ1n) is 10.4. The standard InChI is InChI=1S/C23H18F3N5O2S/c24-23(25,26)14-4-1-3-13(9-14)22(7-2-8-22)20(33)31-21-29-16-6-5-15(10-17(16)30-21)28-19(32)18-11-34-12-27-18/h1,3-6,9-12H,2,7-8H2,(H,28,32)(H2,29,30,31,33). The van der Waals surface area contributed by atoms with E-state index >= 15 is 0 Å². The predicted molar refractivity (Wildman–Crippen MR) is 122 cm³/mol. The topological polar surface area (TPSA) is 99.8 Å². The van der Waals surface area contributed by atoms with E-state index in [2.05, 4.69) is 25.6 Å². The number of aromatic amines is 1. The number of benzene rings is 2. The van der Waals surface area contributed by atoms with Gasteiger partial charge in [0.1, 0.15) is 5.69 Å². The molecule has 5 rings (SSSR count). The first kappa shape index (κ1) is 22.1. The molecule has 0 spiro atoms. The van der Waals surface area contributed by atoms with Crippen LogP contribution >= 0.6 is 11.3 Å². The molecule has 1 aliphatic rings. The highest BCUT2D eigenvalue weighted by Gasteiger charge is 2.46. The van der Waals surface area contributed by atoms with Crippen molar-refractivity contribution in [3.63, 3.8) is 0 Å². The van der Waals surface area contributed by atoms with Crippen LogP contribution in [-0.4, -0.2) is 26.8 Å². The van der Waals surface area contributed by atoms with E-state index in [0.29, 0.717) is 40.8 Å². The third-order valence-corrected chi connectivity index (χ3v) is 6.61. The Kier molecular flexibility index (Phi) is 5.35. The maximum Gasteiger partial charge on any atom is 0.416 e. The zero-order chi connectivity index (χ0) is 23.9. The molecule has 2 amide bonds. The third-order valence-electron chi connectivity index (χ3n) is 6.02. The van der Waals surface area contributed by atoms with E-state index in [1.54, 1.807) is 35.2 Å². The van der Waals surface area contributed by atoms with Crippen molar-refractivity contribution < 1.29 is 22.8 Å². The maximum atomic E-state index is 13.2. The Balaban J connectivity index is 1.36.